The summed E-state index contributed by atoms with van der Waals surface area (Å²) in [5.41, 5.74) is 0. The van der Waals surface area contributed by atoms with Crippen molar-refractivity contribution in [2.24, 2.45) is 0 Å². The van der Waals surface area contributed by atoms with E-state index in [9.17, 15) is 4.79 Å². The highest BCUT2D eigenvalue weighted by Crippen LogP contribution is 2.17. The number of rotatable bonds is 6. The van der Waals surface area contributed by atoms with E-state index < -0.39 is 0 Å². The molecule has 0 amide bonds. The molecule has 2 nitrogen and oxygen atoms in total. The third-order valence-electron chi connectivity index (χ3n) is 2.51. The molecule has 1 aliphatic rings. The van der Waals surface area contributed by atoms with Crippen LogP contribution < -0.4 is 0 Å². The smallest absolute Gasteiger partial charge is 0.306 e. The molecule has 14 heavy (non-hydrogen) atoms. The highest BCUT2D eigenvalue weighted by atomic mass is 16.5. The molecule has 1 aliphatic heterocycles. The van der Waals surface area contributed by atoms with Gasteiger partial charge in [0.1, 0.15) is 6.10 Å². The lowest BCUT2D eigenvalue weighted by molar-refractivity contribution is -0.141. The zero-order valence-electron chi connectivity index (χ0n) is 9.00. The van der Waals surface area contributed by atoms with E-state index in [-0.39, 0.29) is 12.1 Å². The fourth-order valence-electron chi connectivity index (χ4n) is 1.63. The molecule has 0 radical (unpaired) electrons. The van der Waals surface area contributed by atoms with Gasteiger partial charge in [-0.15, -0.1) is 0 Å². The molecule has 0 aromatic rings. The van der Waals surface area contributed by atoms with E-state index in [1.54, 1.807) is 0 Å². The van der Waals surface area contributed by atoms with E-state index in [1.807, 2.05) is 0 Å². The summed E-state index contributed by atoms with van der Waals surface area (Å²) in [6, 6.07) is 0. The van der Waals surface area contributed by atoms with Gasteiger partial charge >= 0.3 is 5.97 Å². The average molecular weight is 196 g/mol. The molecule has 0 aromatic heterocycles. The van der Waals surface area contributed by atoms with Gasteiger partial charge in [-0.05, 0) is 19.3 Å². The van der Waals surface area contributed by atoms with Gasteiger partial charge in [0.2, 0.25) is 0 Å². The van der Waals surface area contributed by atoms with Gasteiger partial charge in [0.15, 0.2) is 0 Å². The first-order valence-corrected chi connectivity index (χ1v) is 5.67. The maximum absolute atomic E-state index is 10.8. The van der Waals surface area contributed by atoms with E-state index in [4.69, 9.17) is 4.74 Å². The lowest BCUT2D eigenvalue weighted by Crippen LogP contribution is -2.04. The van der Waals surface area contributed by atoms with Crippen LogP contribution in [0.15, 0.2) is 12.2 Å². The largest absolute Gasteiger partial charge is 0.462 e. The maximum atomic E-state index is 10.8. The predicted octanol–water partition coefficient (Wildman–Crippen LogP) is 3.22. The molecule has 0 saturated carbocycles. The highest BCUT2D eigenvalue weighted by Gasteiger charge is 2.21. The summed E-state index contributed by atoms with van der Waals surface area (Å²) < 4.78 is 5.10. The summed E-state index contributed by atoms with van der Waals surface area (Å²) >= 11 is 0. The topological polar surface area (TPSA) is 26.3 Å². The van der Waals surface area contributed by atoms with Crippen LogP contribution in [0.3, 0.4) is 0 Å². The number of hydrogen-bond donors (Lipinski definition) is 0. The molecule has 1 atom stereocenters. The van der Waals surface area contributed by atoms with Gasteiger partial charge in [0.05, 0.1) is 0 Å². The van der Waals surface area contributed by atoms with E-state index in [0.29, 0.717) is 6.42 Å². The van der Waals surface area contributed by atoms with Gasteiger partial charge in [-0.1, -0.05) is 31.9 Å². The number of allylic oxidation sites excluding steroid dienone is 1. The van der Waals surface area contributed by atoms with Crippen molar-refractivity contribution in [1.29, 1.82) is 0 Å². The van der Waals surface area contributed by atoms with Crippen molar-refractivity contribution in [3.63, 3.8) is 0 Å². The molecule has 0 spiro atoms. The van der Waals surface area contributed by atoms with Crippen molar-refractivity contribution < 1.29 is 9.53 Å². The normalized spacial score (nSPS) is 21.8. The van der Waals surface area contributed by atoms with Crippen molar-refractivity contribution in [3.05, 3.63) is 12.2 Å². The van der Waals surface area contributed by atoms with Crippen LogP contribution in [-0.4, -0.2) is 12.1 Å². The first-order chi connectivity index (χ1) is 6.83. The number of esters is 1. The van der Waals surface area contributed by atoms with Crippen molar-refractivity contribution in [1.82, 2.24) is 0 Å². The Hall–Kier alpha value is -0.790. The summed E-state index contributed by atoms with van der Waals surface area (Å²) in [4.78, 5) is 10.8. The van der Waals surface area contributed by atoms with Crippen LogP contribution >= 0.6 is 0 Å². The Labute approximate surface area is 86.3 Å². The lowest BCUT2D eigenvalue weighted by Gasteiger charge is -2.04. The molecule has 1 fully saturated rings. The fourth-order valence-corrected chi connectivity index (χ4v) is 1.63. The van der Waals surface area contributed by atoms with Crippen LogP contribution in [-0.2, 0) is 9.53 Å². The Balaban J connectivity index is 1.99. The third-order valence-corrected chi connectivity index (χ3v) is 2.51. The minimum Gasteiger partial charge on any atom is -0.462 e. The minimum absolute atomic E-state index is 0.0330. The molecule has 0 N–H and O–H groups in total. The van der Waals surface area contributed by atoms with E-state index in [0.717, 1.165) is 19.3 Å². The molecular weight excluding hydrogens is 176 g/mol. The van der Waals surface area contributed by atoms with Crippen molar-refractivity contribution in [2.45, 2.75) is 58.0 Å². The summed E-state index contributed by atoms with van der Waals surface area (Å²) in [7, 11) is 0. The molecule has 0 bridgehead atoms. The molecule has 0 unspecified atom stereocenters. The SMILES string of the molecule is CCCCC/C=C\C[C@H]1CCC(=O)O1. The number of cyclic esters (lactones) is 1. The summed E-state index contributed by atoms with van der Waals surface area (Å²) in [6.45, 7) is 2.21. The maximum Gasteiger partial charge on any atom is 0.306 e. The van der Waals surface area contributed by atoms with Gasteiger partial charge in [-0.3, -0.25) is 4.79 Å². The zero-order chi connectivity index (χ0) is 10.2. The Bertz CT molecular complexity index is 196. The second-order valence-corrected chi connectivity index (χ2v) is 3.85. The van der Waals surface area contributed by atoms with Crippen molar-refractivity contribution in [2.75, 3.05) is 0 Å². The second-order valence-electron chi connectivity index (χ2n) is 3.85. The Morgan fingerprint density at radius 2 is 2.29 bits per heavy atom. The quantitative estimate of drug-likeness (QED) is 0.370. The van der Waals surface area contributed by atoms with Gasteiger partial charge < -0.3 is 4.74 Å². The summed E-state index contributed by atoms with van der Waals surface area (Å²) in [5, 5.41) is 0. The lowest BCUT2D eigenvalue weighted by atomic mass is 10.1. The first kappa shape index (κ1) is 11.3. The molecule has 0 aromatic carbocycles. The number of ether oxygens (including phenoxy) is 1. The molecule has 1 heterocycles. The van der Waals surface area contributed by atoms with Crippen LogP contribution in [0.5, 0.6) is 0 Å². The van der Waals surface area contributed by atoms with Gasteiger partial charge in [0, 0.05) is 12.8 Å². The number of hydrogen-bond acceptors (Lipinski definition) is 2. The van der Waals surface area contributed by atoms with Gasteiger partial charge in [0.25, 0.3) is 0 Å². The summed E-state index contributed by atoms with van der Waals surface area (Å²) in [6.07, 6.45) is 11.9. The van der Waals surface area contributed by atoms with Crippen LogP contribution in [0.25, 0.3) is 0 Å². The van der Waals surface area contributed by atoms with Crippen molar-refractivity contribution >= 4 is 5.97 Å². The molecule has 2 heteroatoms. The minimum atomic E-state index is -0.0330. The van der Waals surface area contributed by atoms with Gasteiger partial charge in [-0.25, -0.2) is 0 Å². The predicted molar refractivity (Wildman–Crippen MR) is 57.0 cm³/mol. The first-order valence-electron chi connectivity index (χ1n) is 5.67. The molecular formula is C12H20O2. The number of carbonyl (C=O) groups is 1. The van der Waals surface area contributed by atoms with Crippen LogP contribution in [0.1, 0.15) is 51.9 Å². The second kappa shape index (κ2) is 6.63. The molecule has 1 rings (SSSR count). The van der Waals surface area contributed by atoms with E-state index in [1.165, 1.54) is 19.3 Å². The van der Waals surface area contributed by atoms with Crippen LogP contribution in [0.2, 0.25) is 0 Å². The molecule has 0 aliphatic carbocycles. The monoisotopic (exact) mass is 196 g/mol. The Kier molecular flexibility index (Phi) is 5.35. The van der Waals surface area contributed by atoms with Crippen LogP contribution in [0.4, 0.5) is 0 Å². The zero-order valence-corrected chi connectivity index (χ0v) is 9.00. The molecule has 80 valence electrons. The van der Waals surface area contributed by atoms with Crippen molar-refractivity contribution in [3.8, 4) is 0 Å². The van der Waals surface area contributed by atoms with Gasteiger partial charge in [-0.2, -0.15) is 0 Å². The number of unbranched alkanes of at least 4 members (excludes halogenated alkanes) is 3. The van der Waals surface area contributed by atoms with Crippen LogP contribution in [0, 0.1) is 0 Å². The fraction of sp³-hybridized carbons (Fsp3) is 0.750. The van der Waals surface area contributed by atoms with E-state index in [2.05, 4.69) is 19.1 Å². The standard InChI is InChI=1S/C12H20O2/c1-2-3-4-5-6-7-8-11-9-10-12(13)14-11/h6-7,11H,2-5,8-10H2,1H3/b7-6-/t11-/m0/s1. The number of carbonyl (C=O) groups excluding carboxylic acids is 1. The summed E-state index contributed by atoms with van der Waals surface area (Å²) in [5.74, 6) is -0.0330. The Morgan fingerprint density at radius 1 is 1.43 bits per heavy atom. The highest BCUT2D eigenvalue weighted by molar-refractivity contribution is 5.71. The average Bonchev–Trinajstić information content (AvgIpc) is 2.58. The molecule has 1 saturated heterocycles. The third kappa shape index (κ3) is 4.45. The Morgan fingerprint density at radius 3 is 2.93 bits per heavy atom. The van der Waals surface area contributed by atoms with E-state index >= 15 is 0 Å².